The highest BCUT2D eigenvalue weighted by Gasteiger charge is 2.14. The Morgan fingerprint density at radius 2 is 2.08 bits per heavy atom. The molecule has 2 N–H and O–H groups in total. The molecule has 1 amide bonds. The number of allylic oxidation sites excluding steroid dienone is 1. The summed E-state index contributed by atoms with van der Waals surface area (Å²) in [5.74, 6) is -1.92. The largest absolute Gasteiger partial charge is 0.481 e. The minimum absolute atomic E-state index is 0.0117. The van der Waals surface area contributed by atoms with Crippen molar-refractivity contribution in [3.8, 4) is 0 Å². The fourth-order valence-corrected chi connectivity index (χ4v) is 0.654. The van der Waals surface area contributed by atoms with Crippen molar-refractivity contribution in [2.75, 3.05) is 0 Å². The maximum Gasteiger partial charge on any atom is 0.306 e. The van der Waals surface area contributed by atoms with Crippen molar-refractivity contribution >= 4 is 11.9 Å². The second kappa shape index (κ2) is 4.54. The molecule has 0 fully saturated rings. The Labute approximate surface area is 71.3 Å². The molecule has 4 heteroatoms. The smallest absolute Gasteiger partial charge is 0.306 e. The number of hydrogen-bond acceptors (Lipinski definition) is 2. The van der Waals surface area contributed by atoms with E-state index in [0.717, 1.165) is 0 Å². The molecule has 68 valence electrons. The summed E-state index contributed by atoms with van der Waals surface area (Å²) in [5.41, 5.74) is 0.526. The van der Waals surface area contributed by atoms with Crippen LogP contribution >= 0.6 is 0 Å². The maximum absolute atomic E-state index is 10.9. The molecule has 12 heavy (non-hydrogen) atoms. The van der Waals surface area contributed by atoms with E-state index >= 15 is 0 Å². The van der Waals surface area contributed by atoms with Crippen molar-refractivity contribution in [3.63, 3.8) is 0 Å². The molecule has 0 aromatic heterocycles. The highest BCUT2D eigenvalue weighted by atomic mass is 16.4. The molecule has 0 spiro atoms. The standard InChI is InChI=1S/C8H13NO3/c1-5(2)9-7(10)4-6(3)8(11)12/h6H,1,4H2,2-3H3,(H,9,10)(H,11,12). The van der Waals surface area contributed by atoms with Gasteiger partial charge in [0.05, 0.1) is 5.92 Å². The zero-order valence-electron chi connectivity index (χ0n) is 7.26. The summed E-state index contributed by atoms with van der Waals surface area (Å²) in [6.07, 6.45) is -0.0117. The minimum atomic E-state index is -0.966. The molecule has 0 radical (unpaired) electrons. The Morgan fingerprint density at radius 1 is 1.58 bits per heavy atom. The lowest BCUT2D eigenvalue weighted by molar-refractivity contribution is -0.143. The second-order valence-electron chi connectivity index (χ2n) is 2.77. The SMILES string of the molecule is C=C(C)NC(=O)CC(C)C(=O)O. The van der Waals surface area contributed by atoms with Gasteiger partial charge in [0, 0.05) is 12.1 Å². The molecule has 1 atom stereocenters. The van der Waals surface area contributed by atoms with Gasteiger partial charge >= 0.3 is 5.97 Å². The topological polar surface area (TPSA) is 66.4 Å². The van der Waals surface area contributed by atoms with Gasteiger partial charge in [0.2, 0.25) is 5.91 Å². The fourth-order valence-electron chi connectivity index (χ4n) is 0.654. The zero-order chi connectivity index (χ0) is 9.72. The van der Waals surface area contributed by atoms with Gasteiger partial charge in [0.1, 0.15) is 0 Å². The van der Waals surface area contributed by atoms with Crippen LogP contribution in [-0.4, -0.2) is 17.0 Å². The van der Waals surface area contributed by atoms with Crippen molar-refractivity contribution in [2.45, 2.75) is 20.3 Å². The second-order valence-corrected chi connectivity index (χ2v) is 2.77. The van der Waals surface area contributed by atoms with Gasteiger partial charge in [-0.2, -0.15) is 0 Å². The van der Waals surface area contributed by atoms with Gasteiger partial charge in [-0.1, -0.05) is 13.5 Å². The zero-order valence-corrected chi connectivity index (χ0v) is 7.26. The lowest BCUT2D eigenvalue weighted by Crippen LogP contribution is -2.25. The number of rotatable bonds is 4. The monoisotopic (exact) mass is 171 g/mol. The molecular weight excluding hydrogens is 158 g/mol. The first kappa shape index (κ1) is 10.7. The van der Waals surface area contributed by atoms with Crippen LogP contribution in [0.3, 0.4) is 0 Å². The summed E-state index contributed by atoms with van der Waals surface area (Å²) in [5, 5.41) is 10.9. The minimum Gasteiger partial charge on any atom is -0.481 e. The Hall–Kier alpha value is -1.32. The lowest BCUT2D eigenvalue weighted by atomic mass is 10.1. The van der Waals surface area contributed by atoms with Crippen LogP contribution in [0.25, 0.3) is 0 Å². The van der Waals surface area contributed by atoms with Gasteiger partial charge in [-0.25, -0.2) is 0 Å². The normalized spacial score (nSPS) is 11.8. The number of amides is 1. The van der Waals surface area contributed by atoms with Gasteiger partial charge in [-0.3, -0.25) is 9.59 Å². The van der Waals surface area contributed by atoms with E-state index in [9.17, 15) is 9.59 Å². The van der Waals surface area contributed by atoms with Gasteiger partial charge in [-0.05, 0) is 6.92 Å². The molecule has 0 aromatic carbocycles. The van der Waals surface area contributed by atoms with Gasteiger partial charge in [0.25, 0.3) is 0 Å². The van der Waals surface area contributed by atoms with Gasteiger partial charge < -0.3 is 10.4 Å². The Bertz CT molecular complexity index is 210. The van der Waals surface area contributed by atoms with Crippen LogP contribution in [0.5, 0.6) is 0 Å². The van der Waals surface area contributed by atoms with Gasteiger partial charge in [-0.15, -0.1) is 0 Å². The van der Waals surface area contributed by atoms with Crippen LogP contribution in [0, 0.1) is 5.92 Å². The summed E-state index contributed by atoms with van der Waals surface area (Å²) in [4.78, 5) is 21.3. The Balaban J connectivity index is 3.85. The molecule has 1 unspecified atom stereocenters. The number of hydrogen-bond donors (Lipinski definition) is 2. The first-order chi connectivity index (χ1) is 5.43. The number of carbonyl (C=O) groups is 2. The van der Waals surface area contributed by atoms with Crippen molar-refractivity contribution in [1.29, 1.82) is 0 Å². The molecule has 0 saturated heterocycles. The molecule has 0 aromatic rings. The van der Waals surface area contributed by atoms with E-state index < -0.39 is 11.9 Å². The summed E-state index contributed by atoms with van der Waals surface area (Å²) in [7, 11) is 0. The Morgan fingerprint density at radius 3 is 2.42 bits per heavy atom. The molecule has 4 nitrogen and oxygen atoms in total. The summed E-state index contributed by atoms with van der Waals surface area (Å²) >= 11 is 0. The number of carboxylic acid groups (broad SMARTS) is 1. The van der Waals surface area contributed by atoms with Crippen molar-refractivity contribution in [2.24, 2.45) is 5.92 Å². The number of nitrogens with one attached hydrogen (secondary N) is 1. The van der Waals surface area contributed by atoms with Crippen LogP contribution in [0.4, 0.5) is 0 Å². The highest BCUT2D eigenvalue weighted by molar-refractivity contribution is 5.82. The van der Waals surface area contributed by atoms with Crippen molar-refractivity contribution < 1.29 is 14.7 Å². The van der Waals surface area contributed by atoms with Crippen LogP contribution in [-0.2, 0) is 9.59 Å². The van der Waals surface area contributed by atoms with Crippen LogP contribution in [0.1, 0.15) is 20.3 Å². The third-order valence-electron chi connectivity index (χ3n) is 1.27. The van der Waals surface area contributed by atoms with E-state index in [2.05, 4.69) is 11.9 Å². The highest BCUT2D eigenvalue weighted by Crippen LogP contribution is 2.01. The fraction of sp³-hybridized carbons (Fsp3) is 0.500. The molecular formula is C8H13NO3. The molecule has 0 aliphatic rings. The molecule has 0 heterocycles. The first-order valence-corrected chi connectivity index (χ1v) is 3.61. The van der Waals surface area contributed by atoms with E-state index in [1.54, 1.807) is 6.92 Å². The molecule has 0 bridgehead atoms. The molecule has 0 aliphatic heterocycles. The first-order valence-electron chi connectivity index (χ1n) is 3.61. The third-order valence-corrected chi connectivity index (χ3v) is 1.27. The summed E-state index contributed by atoms with van der Waals surface area (Å²) in [6.45, 7) is 6.60. The average Bonchev–Trinajstić information content (AvgIpc) is 1.84. The predicted molar refractivity (Wildman–Crippen MR) is 44.4 cm³/mol. The van der Waals surface area contributed by atoms with Crippen LogP contribution in [0.15, 0.2) is 12.3 Å². The predicted octanol–water partition coefficient (Wildman–Crippen LogP) is 0.747. The molecule has 0 rings (SSSR count). The molecule has 0 aliphatic carbocycles. The van der Waals surface area contributed by atoms with E-state index in [0.29, 0.717) is 5.70 Å². The quantitative estimate of drug-likeness (QED) is 0.655. The number of aliphatic carboxylic acids is 1. The van der Waals surface area contributed by atoms with Gasteiger partial charge in [0.15, 0.2) is 0 Å². The average molecular weight is 171 g/mol. The Kier molecular flexibility index (Phi) is 4.04. The van der Waals surface area contributed by atoms with E-state index in [-0.39, 0.29) is 12.3 Å². The van der Waals surface area contributed by atoms with E-state index in [1.165, 1.54) is 6.92 Å². The van der Waals surface area contributed by atoms with Crippen molar-refractivity contribution in [3.05, 3.63) is 12.3 Å². The van der Waals surface area contributed by atoms with Crippen molar-refractivity contribution in [1.82, 2.24) is 5.32 Å². The number of carboxylic acids is 1. The van der Waals surface area contributed by atoms with Crippen LogP contribution < -0.4 is 5.32 Å². The number of carbonyl (C=O) groups excluding carboxylic acids is 1. The molecule has 0 saturated carbocycles. The lowest BCUT2D eigenvalue weighted by Gasteiger charge is -2.06. The summed E-state index contributed by atoms with van der Waals surface area (Å²) < 4.78 is 0. The summed E-state index contributed by atoms with van der Waals surface area (Å²) in [6, 6.07) is 0. The van der Waals surface area contributed by atoms with Crippen LogP contribution in [0.2, 0.25) is 0 Å². The van der Waals surface area contributed by atoms with E-state index in [1.807, 2.05) is 0 Å². The maximum atomic E-state index is 10.9. The third kappa shape index (κ3) is 4.49. The van der Waals surface area contributed by atoms with E-state index in [4.69, 9.17) is 5.11 Å².